The summed E-state index contributed by atoms with van der Waals surface area (Å²) in [6, 6.07) is 8.94. The number of hydrogen-bond donors (Lipinski definition) is 0. The SMILES string of the molecule is COc1ccc(-c2ccc(CN3CCCC3)cn2)cc1F. The fraction of sp³-hybridized carbons (Fsp3) is 0.353. The molecule has 2 heterocycles. The number of ether oxygens (including phenoxy) is 1. The summed E-state index contributed by atoms with van der Waals surface area (Å²) in [6.07, 6.45) is 4.46. The van der Waals surface area contributed by atoms with Gasteiger partial charge in [-0.3, -0.25) is 9.88 Å². The molecule has 0 unspecified atom stereocenters. The Morgan fingerprint density at radius 1 is 1.19 bits per heavy atom. The van der Waals surface area contributed by atoms with Gasteiger partial charge < -0.3 is 4.74 Å². The van der Waals surface area contributed by atoms with Crippen molar-refractivity contribution in [3.8, 4) is 17.0 Å². The topological polar surface area (TPSA) is 25.4 Å². The van der Waals surface area contributed by atoms with Crippen LogP contribution in [0.4, 0.5) is 4.39 Å². The van der Waals surface area contributed by atoms with Crippen LogP contribution in [0.25, 0.3) is 11.3 Å². The number of nitrogens with zero attached hydrogens (tertiary/aromatic N) is 2. The van der Waals surface area contributed by atoms with E-state index >= 15 is 0 Å². The molecule has 3 nitrogen and oxygen atoms in total. The predicted octanol–water partition coefficient (Wildman–Crippen LogP) is 3.49. The molecule has 4 heteroatoms. The molecular weight excluding hydrogens is 267 g/mol. The Balaban J connectivity index is 1.75. The van der Waals surface area contributed by atoms with E-state index in [1.54, 1.807) is 6.07 Å². The zero-order chi connectivity index (χ0) is 14.7. The number of rotatable bonds is 4. The second-order valence-electron chi connectivity index (χ2n) is 5.38. The van der Waals surface area contributed by atoms with E-state index in [4.69, 9.17) is 4.74 Å². The summed E-state index contributed by atoms with van der Waals surface area (Å²) in [6.45, 7) is 3.29. The van der Waals surface area contributed by atoms with Crippen molar-refractivity contribution in [2.45, 2.75) is 19.4 Å². The molecule has 1 saturated heterocycles. The molecule has 0 atom stereocenters. The Labute approximate surface area is 124 Å². The van der Waals surface area contributed by atoms with Gasteiger partial charge in [0.15, 0.2) is 11.6 Å². The Kier molecular flexibility index (Phi) is 4.15. The first-order valence-electron chi connectivity index (χ1n) is 7.27. The van der Waals surface area contributed by atoms with Crippen LogP contribution in [-0.4, -0.2) is 30.1 Å². The number of hydrogen-bond acceptors (Lipinski definition) is 3. The first-order chi connectivity index (χ1) is 10.3. The van der Waals surface area contributed by atoms with Gasteiger partial charge in [-0.2, -0.15) is 0 Å². The van der Waals surface area contributed by atoms with Gasteiger partial charge in [0.25, 0.3) is 0 Å². The fourth-order valence-corrected chi connectivity index (χ4v) is 2.71. The van der Waals surface area contributed by atoms with Crippen molar-refractivity contribution < 1.29 is 9.13 Å². The first kappa shape index (κ1) is 14.0. The molecule has 0 saturated carbocycles. The van der Waals surface area contributed by atoms with E-state index in [0.717, 1.165) is 17.8 Å². The standard InChI is InChI=1S/C17H19FN2O/c1-21-17-7-5-14(10-15(17)18)16-6-4-13(11-19-16)12-20-8-2-3-9-20/h4-7,10-11H,2-3,8-9,12H2,1H3. The van der Waals surface area contributed by atoms with Crippen LogP contribution in [0.1, 0.15) is 18.4 Å². The lowest BCUT2D eigenvalue weighted by atomic mass is 10.1. The lowest BCUT2D eigenvalue weighted by Crippen LogP contribution is -2.18. The van der Waals surface area contributed by atoms with Crippen molar-refractivity contribution in [1.82, 2.24) is 9.88 Å². The quantitative estimate of drug-likeness (QED) is 0.860. The highest BCUT2D eigenvalue weighted by molar-refractivity contribution is 5.60. The number of likely N-dealkylation sites (tertiary alicyclic amines) is 1. The third kappa shape index (κ3) is 3.22. The van der Waals surface area contributed by atoms with Crippen molar-refractivity contribution in [2.24, 2.45) is 0 Å². The maximum absolute atomic E-state index is 13.7. The smallest absolute Gasteiger partial charge is 0.165 e. The molecule has 2 aromatic rings. The summed E-state index contributed by atoms with van der Waals surface area (Å²) in [7, 11) is 1.46. The lowest BCUT2D eigenvalue weighted by molar-refractivity contribution is 0.331. The number of halogens is 1. The molecule has 1 aromatic carbocycles. The van der Waals surface area contributed by atoms with Gasteiger partial charge in [0.1, 0.15) is 0 Å². The molecule has 1 aliphatic rings. The van der Waals surface area contributed by atoms with Crippen LogP contribution in [0.3, 0.4) is 0 Å². The van der Waals surface area contributed by atoms with Crippen LogP contribution < -0.4 is 4.74 Å². The molecule has 1 fully saturated rings. The highest BCUT2D eigenvalue weighted by atomic mass is 19.1. The van der Waals surface area contributed by atoms with Gasteiger partial charge in [0.05, 0.1) is 12.8 Å². The molecule has 1 aliphatic heterocycles. The number of aromatic nitrogens is 1. The van der Waals surface area contributed by atoms with E-state index in [2.05, 4.69) is 16.0 Å². The molecule has 21 heavy (non-hydrogen) atoms. The highest BCUT2D eigenvalue weighted by Gasteiger charge is 2.12. The van der Waals surface area contributed by atoms with Crippen LogP contribution in [0.5, 0.6) is 5.75 Å². The van der Waals surface area contributed by atoms with E-state index in [0.29, 0.717) is 0 Å². The lowest BCUT2D eigenvalue weighted by Gasteiger charge is -2.14. The Morgan fingerprint density at radius 2 is 2.00 bits per heavy atom. The summed E-state index contributed by atoms with van der Waals surface area (Å²) < 4.78 is 18.7. The van der Waals surface area contributed by atoms with E-state index in [1.807, 2.05) is 18.3 Å². The van der Waals surface area contributed by atoms with Crippen molar-refractivity contribution in [3.05, 3.63) is 47.9 Å². The summed E-state index contributed by atoms with van der Waals surface area (Å²) >= 11 is 0. The highest BCUT2D eigenvalue weighted by Crippen LogP contribution is 2.24. The van der Waals surface area contributed by atoms with Crippen LogP contribution >= 0.6 is 0 Å². The molecule has 0 N–H and O–H groups in total. The minimum Gasteiger partial charge on any atom is -0.494 e. The maximum atomic E-state index is 13.7. The summed E-state index contributed by atoms with van der Waals surface area (Å²) in [5.41, 5.74) is 2.75. The van der Waals surface area contributed by atoms with Gasteiger partial charge in [-0.25, -0.2) is 4.39 Å². The van der Waals surface area contributed by atoms with E-state index in [9.17, 15) is 4.39 Å². The fourth-order valence-electron chi connectivity index (χ4n) is 2.71. The molecule has 110 valence electrons. The Morgan fingerprint density at radius 3 is 2.62 bits per heavy atom. The van der Waals surface area contributed by atoms with Gasteiger partial charge in [-0.15, -0.1) is 0 Å². The van der Waals surface area contributed by atoms with E-state index in [-0.39, 0.29) is 11.6 Å². The second kappa shape index (κ2) is 6.22. The molecule has 1 aromatic heterocycles. The molecule has 0 amide bonds. The zero-order valence-corrected chi connectivity index (χ0v) is 12.2. The second-order valence-corrected chi connectivity index (χ2v) is 5.38. The average molecular weight is 286 g/mol. The molecule has 3 rings (SSSR count). The van der Waals surface area contributed by atoms with Gasteiger partial charge in [0.2, 0.25) is 0 Å². The van der Waals surface area contributed by atoms with Crippen molar-refractivity contribution >= 4 is 0 Å². The number of methoxy groups -OCH3 is 1. The van der Waals surface area contributed by atoms with Crippen LogP contribution in [-0.2, 0) is 6.54 Å². The molecule has 0 bridgehead atoms. The molecule has 0 aliphatic carbocycles. The largest absolute Gasteiger partial charge is 0.494 e. The maximum Gasteiger partial charge on any atom is 0.165 e. The first-order valence-corrected chi connectivity index (χ1v) is 7.27. The van der Waals surface area contributed by atoms with Crippen molar-refractivity contribution in [3.63, 3.8) is 0 Å². The average Bonchev–Trinajstić information content (AvgIpc) is 3.01. The normalized spacial score (nSPS) is 15.3. The van der Waals surface area contributed by atoms with Crippen molar-refractivity contribution in [2.75, 3.05) is 20.2 Å². The monoisotopic (exact) mass is 286 g/mol. The van der Waals surface area contributed by atoms with Crippen LogP contribution in [0.15, 0.2) is 36.5 Å². The molecule has 0 radical (unpaired) electrons. The van der Waals surface area contributed by atoms with Gasteiger partial charge in [-0.1, -0.05) is 6.07 Å². The molecular formula is C17H19FN2O. The van der Waals surface area contributed by atoms with E-state index < -0.39 is 0 Å². The summed E-state index contributed by atoms with van der Waals surface area (Å²) in [5, 5.41) is 0. The van der Waals surface area contributed by atoms with Gasteiger partial charge >= 0.3 is 0 Å². The number of benzene rings is 1. The molecule has 0 spiro atoms. The zero-order valence-electron chi connectivity index (χ0n) is 12.2. The predicted molar refractivity (Wildman–Crippen MR) is 80.7 cm³/mol. The van der Waals surface area contributed by atoms with Crippen LogP contribution in [0.2, 0.25) is 0 Å². The van der Waals surface area contributed by atoms with Crippen LogP contribution in [0, 0.1) is 5.82 Å². The minimum atomic E-state index is -0.363. The summed E-state index contributed by atoms with van der Waals surface area (Å²) in [4.78, 5) is 6.89. The minimum absolute atomic E-state index is 0.254. The Hall–Kier alpha value is -1.94. The van der Waals surface area contributed by atoms with Gasteiger partial charge in [-0.05, 0) is 55.8 Å². The Bertz CT molecular complexity index is 607. The third-order valence-electron chi connectivity index (χ3n) is 3.88. The van der Waals surface area contributed by atoms with Gasteiger partial charge in [0, 0.05) is 18.3 Å². The number of pyridine rings is 1. The summed E-state index contributed by atoms with van der Waals surface area (Å²) in [5.74, 6) is -0.109. The third-order valence-corrected chi connectivity index (χ3v) is 3.88. The van der Waals surface area contributed by atoms with E-state index in [1.165, 1.54) is 44.7 Å². The van der Waals surface area contributed by atoms with Crippen molar-refractivity contribution in [1.29, 1.82) is 0 Å².